The zero-order valence-electron chi connectivity index (χ0n) is 23.5. The largest absolute Gasteiger partial charge is 0.497 e. The molecule has 7 heteroatoms. The van der Waals surface area contributed by atoms with Gasteiger partial charge in [-0.25, -0.2) is 0 Å². The number of nitrogens with zero attached hydrogens (tertiary/aromatic N) is 1. The van der Waals surface area contributed by atoms with Crippen LogP contribution in [0.25, 0.3) is 0 Å². The van der Waals surface area contributed by atoms with Crippen molar-refractivity contribution in [3.8, 4) is 23.3 Å². The van der Waals surface area contributed by atoms with Crippen LogP contribution in [-0.4, -0.2) is 26.1 Å². The van der Waals surface area contributed by atoms with E-state index < -0.39 is 0 Å². The Morgan fingerprint density at radius 1 is 0.949 bits per heavy atom. The second kappa shape index (κ2) is 14.2. The van der Waals surface area contributed by atoms with Crippen LogP contribution in [0.15, 0.2) is 56.0 Å². The number of nitriles is 1. The predicted octanol–water partition coefficient (Wildman–Crippen LogP) is 8.92. The van der Waals surface area contributed by atoms with E-state index in [-0.39, 0.29) is 11.4 Å². The minimum absolute atomic E-state index is 0.142. The monoisotopic (exact) mass is 565 g/mol. The number of rotatable bonds is 8. The number of carbonyl (C=O) groups is 1. The number of carbonyl (C=O) groups excluding carboxylic acids is 1. The van der Waals surface area contributed by atoms with Gasteiger partial charge in [-0.1, -0.05) is 63.6 Å². The summed E-state index contributed by atoms with van der Waals surface area (Å²) in [5.74, 6) is 3.59. The van der Waals surface area contributed by atoms with Crippen molar-refractivity contribution in [3.63, 3.8) is 0 Å². The molecular formula is C32H39NO4S2. The van der Waals surface area contributed by atoms with E-state index in [1.54, 1.807) is 31.4 Å². The lowest BCUT2D eigenvalue weighted by Gasteiger charge is -2.24. The molecule has 0 saturated carbocycles. The molecule has 0 spiro atoms. The second-order valence-electron chi connectivity index (χ2n) is 10.6. The van der Waals surface area contributed by atoms with E-state index in [1.165, 1.54) is 36.4 Å². The van der Waals surface area contributed by atoms with Gasteiger partial charge < -0.3 is 14.2 Å². The van der Waals surface area contributed by atoms with Gasteiger partial charge in [0.05, 0.1) is 34.4 Å². The molecule has 0 aromatic heterocycles. The SMILES string of the molecule is CCCCC1COc2ccc(c3c2S/C(=C(/C#N)C(=O)c2ccc(OC)cc2)S3)OCC(CCC)CC(C)C1. The van der Waals surface area contributed by atoms with Crippen molar-refractivity contribution in [1.82, 2.24) is 0 Å². The molecule has 5 nitrogen and oxygen atoms in total. The Morgan fingerprint density at radius 2 is 1.54 bits per heavy atom. The Bertz CT molecular complexity index is 1220. The topological polar surface area (TPSA) is 68.5 Å². The van der Waals surface area contributed by atoms with Crippen molar-refractivity contribution in [2.75, 3.05) is 20.3 Å². The van der Waals surface area contributed by atoms with E-state index in [2.05, 4.69) is 26.8 Å². The lowest BCUT2D eigenvalue weighted by atomic mass is 9.85. The molecule has 208 valence electrons. The molecule has 0 N–H and O–H groups in total. The van der Waals surface area contributed by atoms with Crippen LogP contribution in [0.5, 0.6) is 17.2 Å². The first-order valence-corrected chi connectivity index (χ1v) is 15.7. The second-order valence-corrected chi connectivity index (χ2v) is 12.9. The molecule has 3 unspecified atom stereocenters. The van der Waals surface area contributed by atoms with E-state index in [0.29, 0.717) is 46.5 Å². The fourth-order valence-electron chi connectivity index (χ4n) is 5.42. The molecule has 3 atom stereocenters. The maximum Gasteiger partial charge on any atom is 0.205 e. The summed E-state index contributed by atoms with van der Waals surface area (Å²) in [6.45, 7) is 8.20. The maximum absolute atomic E-state index is 13.4. The molecule has 4 rings (SSSR count). The number of fused-ring (bicyclic) bond motifs is 6. The molecule has 2 aliphatic rings. The van der Waals surface area contributed by atoms with Crippen LogP contribution >= 0.6 is 23.5 Å². The van der Waals surface area contributed by atoms with Gasteiger partial charge in [-0.15, -0.1) is 0 Å². The van der Waals surface area contributed by atoms with Gasteiger partial charge in [-0.3, -0.25) is 4.79 Å². The smallest absolute Gasteiger partial charge is 0.205 e. The Balaban J connectivity index is 1.67. The number of allylic oxidation sites excluding steroid dienone is 1. The minimum atomic E-state index is -0.293. The average Bonchev–Trinajstić information content (AvgIpc) is 3.39. The molecule has 0 radical (unpaired) electrons. The lowest BCUT2D eigenvalue weighted by molar-refractivity contribution is 0.103. The third kappa shape index (κ3) is 7.35. The van der Waals surface area contributed by atoms with Crippen molar-refractivity contribution in [2.45, 2.75) is 75.5 Å². The van der Waals surface area contributed by atoms with Gasteiger partial charge in [0.2, 0.25) is 5.78 Å². The molecule has 0 amide bonds. The number of ketones is 1. The summed E-state index contributed by atoms with van der Waals surface area (Å²) in [6, 6.07) is 13.0. The summed E-state index contributed by atoms with van der Waals surface area (Å²) in [6.07, 6.45) is 8.13. The Labute approximate surface area is 241 Å². The van der Waals surface area contributed by atoms with Crippen molar-refractivity contribution >= 4 is 29.3 Å². The number of unbranched alkanes of at least 4 members (excludes halogenated alkanes) is 1. The quantitative estimate of drug-likeness (QED) is 0.180. The van der Waals surface area contributed by atoms with Crippen LogP contribution in [0.4, 0.5) is 0 Å². The van der Waals surface area contributed by atoms with Crippen LogP contribution in [0.2, 0.25) is 0 Å². The van der Waals surface area contributed by atoms with E-state index in [4.69, 9.17) is 14.2 Å². The van der Waals surface area contributed by atoms with Crippen LogP contribution < -0.4 is 14.2 Å². The van der Waals surface area contributed by atoms with Crippen LogP contribution in [-0.2, 0) is 0 Å². The highest BCUT2D eigenvalue weighted by Crippen LogP contribution is 2.59. The molecule has 2 bridgehead atoms. The Hall–Kier alpha value is -2.56. The maximum atomic E-state index is 13.4. The van der Waals surface area contributed by atoms with Gasteiger partial charge in [0.15, 0.2) is 0 Å². The van der Waals surface area contributed by atoms with Crippen LogP contribution in [0.1, 0.15) is 76.1 Å². The summed E-state index contributed by atoms with van der Waals surface area (Å²) in [5.41, 5.74) is 0.602. The molecule has 2 aromatic carbocycles. The third-order valence-electron chi connectivity index (χ3n) is 7.41. The Morgan fingerprint density at radius 3 is 2.05 bits per heavy atom. The number of Topliss-reactive ketones (excluding diaryl/α,β-unsaturated/α-hetero) is 1. The lowest BCUT2D eigenvalue weighted by Crippen LogP contribution is -2.19. The third-order valence-corrected chi connectivity index (χ3v) is 10.0. The average molecular weight is 566 g/mol. The van der Waals surface area contributed by atoms with E-state index in [1.807, 2.05) is 12.1 Å². The normalized spacial score (nSPS) is 22.3. The Kier molecular flexibility index (Phi) is 10.7. The first-order chi connectivity index (χ1) is 19.0. The standard InChI is InChI=1S/C32H39NO4S2/c1-5-7-9-23-17-21(3)16-22(8-6-2)19-36-27-14-15-28(37-20-23)31-30(27)38-32(39-31)26(18-33)29(34)24-10-12-25(35-4)13-11-24/h10-15,21-23H,5-9,16-17,19-20H2,1-4H3/b32-26-. The molecule has 39 heavy (non-hydrogen) atoms. The van der Waals surface area contributed by atoms with Gasteiger partial charge >= 0.3 is 0 Å². The predicted molar refractivity (Wildman–Crippen MR) is 159 cm³/mol. The summed E-state index contributed by atoms with van der Waals surface area (Å²) < 4.78 is 18.8. The minimum Gasteiger partial charge on any atom is -0.497 e. The number of benzene rings is 2. The van der Waals surface area contributed by atoms with Crippen molar-refractivity contribution < 1.29 is 19.0 Å². The van der Waals surface area contributed by atoms with Gasteiger partial charge in [0.1, 0.15) is 28.9 Å². The summed E-state index contributed by atoms with van der Waals surface area (Å²) in [5, 5.41) is 10.1. The highest BCUT2D eigenvalue weighted by atomic mass is 32.2. The van der Waals surface area contributed by atoms with Gasteiger partial charge in [0, 0.05) is 5.56 Å². The fourth-order valence-corrected chi connectivity index (χ4v) is 8.03. The van der Waals surface area contributed by atoms with E-state index >= 15 is 0 Å². The molecule has 0 saturated heterocycles. The summed E-state index contributed by atoms with van der Waals surface area (Å²) in [7, 11) is 1.58. The van der Waals surface area contributed by atoms with Crippen molar-refractivity contribution in [3.05, 3.63) is 51.8 Å². The van der Waals surface area contributed by atoms with Crippen LogP contribution in [0, 0.1) is 29.1 Å². The first kappa shape index (κ1) is 29.4. The summed E-state index contributed by atoms with van der Waals surface area (Å²) in [4.78, 5) is 15.2. The number of hydrogen-bond donors (Lipinski definition) is 0. The fraction of sp³-hybridized carbons (Fsp3) is 0.500. The molecule has 2 aromatic rings. The number of thioether (sulfide) groups is 2. The number of methoxy groups -OCH3 is 1. The van der Waals surface area contributed by atoms with Gasteiger partial charge in [-0.05, 0) is 79.8 Å². The zero-order valence-corrected chi connectivity index (χ0v) is 25.1. The zero-order chi connectivity index (χ0) is 27.8. The number of hydrogen-bond acceptors (Lipinski definition) is 7. The highest BCUT2D eigenvalue weighted by molar-refractivity contribution is 8.24. The molecule has 2 aliphatic heterocycles. The van der Waals surface area contributed by atoms with Crippen LogP contribution in [0.3, 0.4) is 0 Å². The van der Waals surface area contributed by atoms with Crippen molar-refractivity contribution in [1.29, 1.82) is 5.26 Å². The molecule has 0 fully saturated rings. The highest BCUT2D eigenvalue weighted by Gasteiger charge is 2.32. The first-order valence-electron chi connectivity index (χ1n) is 14.1. The van der Waals surface area contributed by atoms with Gasteiger partial charge in [0.25, 0.3) is 0 Å². The molecular weight excluding hydrogens is 526 g/mol. The number of ether oxygens (including phenoxy) is 3. The van der Waals surface area contributed by atoms with E-state index in [9.17, 15) is 10.1 Å². The summed E-state index contributed by atoms with van der Waals surface area (Å²) >= 11 is 2.89. The molecule has 2 heterocycles. The molecule has 0 aliphatic carbocycles. The van der Waals surface area contributed by atoms with Gasteiger partial charge in [-0.2, -0.15) is 5.26 Å². The van der Waals surface area contributed by atoms with E-state index in [0.717, 1.165) is 53.4 Å². The van der Waals surface area contributed by atoms with Crippen molar-refractivity contribution in [2.24, 2.45) is 17.8 Å².